The number of hydrogen-bond acceptors (Lipinski definition) is 4. The third kappa shape index (κ3) is 2.94. The molecule has 1 saturated heterocycles. The van der Waals surface area contributed by atoms with Gasteiger partial charge in [-0.25, -0.2) is 4.79 Å². The Morgan fingerprint density at radius 1 is 1.24 bits per heavy atom. The monoisotopic (exact) mass is 344 g/mol. The third-order valence-electron chi connectivity index (χ3n) is 5.32. The zero-order valence-corrected chi connectivity index (χ0v) is 14.7. The van der Waals surface area contributed by atoms with Gasteiger partial charge in [-0.3, -0.25) is 14.5 Å². The number of nitrogens with two attached hydrogens (primary N) is 1. The number of rotatable bonds is 3. The molecule has 1 aliphatic heterocycles. The van der Waals surface area contributed by atoms with E-state index in [2.05, 4.69) is 5.32 Å². The van der Waals surface area contributed by atoms with Crippen LogP contribution in [0.3, 0.4) is 0 Å². The maximum Gasteiger partial charge on any atom is 0.327 e. The first-order valence-corrected chi connectivity index (χ1v) is 8.61. The normalized spacial score (nSPS) is 19.6. The first-order chi connectivity index (χ1) is 11.8. The first-order valence-electron chi connectivity index (χ1n) is 8.61. The summed E-state index contributed by atoms with van der Waals surface area (Å²) in [6, 6.07) is 4.82. The standard InChI is InChI=1S/C18H24N4O3/c1-12-6-7-13(19)10-14(12)20-15(23)11-22-16(24)18(21(2)17(22)25)8-4-3-5-9-18/h6-7,10H,3-5,8-9,11,19H2,1-2H3,(H,20,23). The maximum absolute atomic E-state index is 12.9. The van der Waals surface area contributed by atoms with E-state index >= 15 is 0 Å². The van der Waals surface area contributed by atoms with Crippen LogP contribution >= 0.6 is 0 Å². The van der Waals surface area contributed by atoms with Crippen molar-refractivity contribution in [3.05, 3.63) is 23.8 Å². The van der Waals surface area contributed by atoms with Crippen molar-refractivity contribution in [1.29, 1.82) is 0 Å². The van der Waals surface area contributed by atoms with Crippen molar-refractivity contribution in [2.24, 2.45) is 0 Å². The molecule has 0 unspecified atom stereocenters. The number of hydrogen-bond donors (Lipinski definition) is 2. The molecule has 1 aliphatic carbocycles. The lowest BCUT2D eigenvalue weighted by Crippen LogP contribution is -2.49. The molecule has 2 fully saturated rings. The minimum absolute atomic E-state index is 0.251. The summed E-state index contributed by atoms with van der Waals surface area (Å²) in [5.41, 5.74) is 6.97. The zero-order chi connectivity index (χ0) is 18.2. The lowest BCUT2D eigenvalue weighted by atomic mass is 9.81. The second-order valence-electron chi connectivity index (χ2n) is 6.95. The summed E-state index contributed by atoms with van der Waals surface area (Å²) in [6.45, 7) is 1.57. The van der Waals surface area contributed by atoms with Gasteiger partial charge in [-0.1, -0.05) is 25.3 Å². The summed E-state index contributed by atoms with van der Waals surface area (Å²) in [5.74, 6) is -0.657. The number of anilines is 2. The quantitative estimate of drug-likeness (QED) is 0.648. The Kier molecular flexibility index (Phi) is 4.41. The molecule has 0 aromatic heterocycles. The lowest BCUT2D eigenvalue weighted by molar-refractivity contribution is -0.136. The number of benzene rings is 1. The molecule has 134 valence electrons. The highest BCUT2D eigenvalue weighted by Crippen LogP contribution is 2.39. The number of likely N-dealkylation sites (N-methyl/N-ethyl adjacent to an activating group) is 1. The van der Waals surface area contributed by atoms with Crippen molar-refractivity contribution in [2.45, 2.75) is 44.6 Å². The Morgan fingerprint density at radius 3 is 2.60 bits per heavy atom. The molecular formula is C18H24N4O3. The first kappa shape index (κ1) is 17.3. The fourth-order valence-electron chi connectivity index (χ4n) is 3.78. The molecule has 1 saturated carbocycles. The van der Waals surface area contributed by atoms with Crippen LogP contribution in [-0.4, -0.2) is 46.8 Å². The fraction of sp³-hybridized carbons (Fsp3) is 0.500. The Morgan fingerprint density at radius 2 is 1.92 bits per heavy atom. The van der Waals surface area contributed by atoms with Gasteiger partial charge in [0.15, 0.2) is 0 Å². The van der Waals surface area contributed by atoms with E-state index in [0.717, 1.165) is 29.7 Å². The molecule has 4 amide bonds. The predicted octanol–water partition coefficient (Wildman–Crippen LogP) is 2.11. The van der Waals surface area contributed by atoms with Crippen LogP contribution in [0.15, 0.2) is 18.2 Å². The molecule has 2 aliphatic rings. The summed E-state index contributed by atoms with van der Waals surface area (Å²) in [5, 5.41) is 2.74. The molecule has 3 rings (SSSR count). The molecule has 3 N–H and O–H groups in total. The van der Waals surface area contributed by atoms with Crippen LogP contribution in [0.25, 0.3) is 0 Å². The van der Waals surface area contributed by atoms with Gasteiger partial charge in [-0.05, 0) is 37.5 Å². The topological polar surface area (TPSA) is 95.7 Å². The van der Waals surface area contributed by atoms with E-state index in [1.165, 1.54) is 4.90 Å². The van der Waals surface area contributed by atoms with Crippen LogP contribution in [-0.2, 0) is 9.59 Å². The molecule has 25 heavy (non-hydrogen) atoms. The number of carbonyl (C=O) groups excluding carboxylic acids is 3. The number of aryl methyl sites for hydroxylation is 1. The largest absolute Gasteiger partial charge is 0.399 e. The SMILES string of the molecule is Cc1ccc(N)cc1NC(=O)CN1C(=O)N(C)C2(CCCCC2)C1=O. The molecule has 7 nitrogen and oxygen atoms in total. The van der Waals surface area contributed by atoms with E-state index in [1.807, 2.05) is 13.0 Å². The smallest absolute Gasteiger partial charge is 0.327 e. The highest BCUT2D eigenvalue weighted by Gasteiger charge is 2.55. The summed E-state index contributed by atoms with van der Waals surface area (Å²) in [7, 11) is 1.66. The van der Waals surface area contributed by atoms with Gasteiger partial charge in [0.05, 0.1) is 0 Å². The number of nitrogens with zero attached hydrogens (tertiary/aromatic N) is 2. The summed E-state index contributed by atoms with van der Waals surface area (Å²) in [6.07, 6.45) is 4.26. The minimum atomic E-state index is -0.761. The van der Waals surface area contributed by atoms with Crippen LogP contribution < -0.4 is 11.1 Å². The van der Waals surface area contributed by atoms with E-state index in [9.17, 15) is 14.4 Å². The number of carbonyl (C=O) groups is 3. The van der Waals surface area contributed by atoms with Gasteiger partial charge in [-0.15, -0.1) is 0 Å². The van der Waals surface area contributed by atoms with Crippen LogP contribution in [0.5, 0.6) is 0 Å². The van der Waals surface area contributed by atoms with Crippen LogP contribution in [0.2, 0.25) is 0 Å². The Hall–Kier alpha value is -2.57. The van der Waals surface area contributed by atoms with Gasteiger partial charge < -0.3 is 16.0 Å². The number of nitrogens with one attached hydrogen (secondary N) is 1. The highest BCUT2D eigenvalue weighted by atomic mass is 16.2. The Bertz CT molecular complexity index is 725. The molecular weight excluding hydrogens is 320 g/mol. The van der Waals surface area contributed by atoms with Crippen molar-refractivity contribution in [1.82, 2.24) is 9.80 Å². The van der Waals surface area contributed by atoms with Gasteiger partial charge in [0.1, 0.15) is 12.1 Å². The molecule has 1 aromatic rings. The number of urea groups is 1. The average Bonchev–Trinajstić information content (AvgIpc) is 2.75. The number of amides is 4. The fourth-order valence-corrected chi connectivity index (χ4v) is 3.78. The second kappa shape index (κ2) is 6.38. The summed E-state index contributed by atoms with van der Waals surface area (Å²) in [4.78, 5) is 40.4. The predicted molar refractivity (Wildman–Crippen MR) is 94.9 cm³/mol. The second-order valence-corrected chi connectivity index (χ2v) is 6.95. The number of nitrogen functional groups attached to an aromatic ring is 1. The van der Waals surface area contributed by atoms with Crippen LogP contribution in [0.4, 0.5) is 16.2 Å². The lowest BCUT2D eigenvalue weighted by Gasteiger charge is -2.35. The van der Waals surface area contributed by atoms with E-state index in [0.29, 0.717) is 24.2 Å². The molecule has 1 heterocycles. The Labute approximate surface area is 147 Å². The molecule has 7 heteroatoms. The highest BCUT2D eigenvalue weighted by molar-refractivity contribution is 6.10. The van der Waals surface area contributed by atoms with Crippen molar-refractivity contribution in [3.63, 3.8) is 0 Å². The van der Waals surface area contributed by atoms with Gasteiger partial charge in [0.25, 0.3) is 5.91 Å². The molecule has 0 atom stereocenters. The van der Waals surface area contributed by atoms with E-state index < -0.39 is 17.5 Å². The number of imide groups is 1. The van der Waals surface area contributed by atoms with Gasteiger partial charge in [-0.2, -0.15) is 0 Å². The van der Waals surface area contributed by atoms with Gasteiger partial charge >= 0.3 is 6.03 Å². The third-order valence-corrected chi connectivity index (χ3v) is 5.32. The van der Waals surface area contributed by atoms with E-state index in [1.54, 1.807) is 19.2 Å². The van der Waals surface area contributed by atoms with Gasteiger partial charge in [0.2, 0.25) is 5.91 Å². The zero-order valence-electron chi connectivity index (χ0n) is 14.7. The van der Waals surface area contributed by atoms with Crippen LogP contribution in [0.1, 0.15) is 37.7 Å². The Balaban J connectivity index is 1.74. The average molecular weight is 344 g/mol. The van der Waals surface area contributed by atoms with Crippen LogP contribution in [0, 0.1) is 6.92 Å². The molecule has 0 radical (unpaired) electrons. The molecule has 1 spiro atoms. The summed E-state index contributed by atoms with van der Waals surface area (Å²) >= 11 is 0. The van der Waals surface area contributed by atoms with Crippen molar-refractivity contribution in [3.8, 4) is 0 Å². The molecule has 0 bridgehead atoms. The van der Waals surface area contributed by atoms with Crippen molar-refractivity contribution < 1.29 is 14.4 Å². The van der Waals surface area contributed by atoms with Crippen molar-refractivity contribution in [2.75, 3.05) is 24.6 Å². The van der Waals surface area contributed by atoms with E-state index in [4.69, 9.17) is 5.73 Å². The molecule has 1 aromatic carbocycles. The van der Waals surface area contributed by atoms with E-state index in [-0.39, 0.29) is 12.5 Å². The summed E-state index contributed by atoms with van der Waals surface area (Å²) < 4.78 is 0. The minimum Gasteiger partial charge on any atom is -0.399 e. The van der Waals surface area contributed by atoms with Crippen molar-refractivity contribution >= 4 is 29.2 Å². The maximum atomic E-state index is 12.9. The van der Waals surface area contributed by atoms with Gasteiger partial charge in [0, 0.05) is 18.4 Å².